The van der Waals surface area contributed by atoms with E-state index in [1.54, 1.807) is 45.9 Å². The predicted octanol–water partition coefficient (Wildman–Crippen LogP) is 4.06. The molecule has 1 N–H and O–H groups in total. The number of rotatable bonds is 6. The monoisotopic (exact) mass is 527 g/mol. The topological polar surface area (TPSA) is 106 Å². The quantitative estimate of drug-likeness (QED) is 0.479. The second-order valence-electron chi connectivity index (χ2n) is 10.0. The number of fused-ring (bicyclic) bond motifs is 1. The predicted molar refractivity (Wildman–Crippen MR) is 142 cm³/mol. The lowest BCUT2D eigenvalue weighted by atomic mass is 10.1. The molecule has 4 rings (SSSR count). The number of anilines is 1. The van der Waals surface area contributed by atoms with Gasteiger partial charge in [0, 0.05) is 38.3 Å². The summed E-state index contributed by atoms with van der Waals surface area (Å²) in [5.41, 5.74) is 0.923. The van der Waals surface area contributed by atoms with Gasteiger partial charge in [0.2, 0.25) is 0 Å². The number of likely N-dealkylation sites (N-methyl/N-ethyl adjacent to an activating group) is 1. The van der Waals surface area contributed by atoms with E-state index in [9.17, 15) is 14.4 Å². The number of nitrogens with zero attached hydrogens (tertiary/aromatic N) is 4. The van der Waals surface area contributed by atoms with Crippen molar-refractivity contribution < 1.29 is 23.9 Å². The number of esters is 1. The molecule has 198 valence electrons. The van der Waals surface area contributed by atoms with Crippen LogP contribution in [0.1, 0.15) is 53.3 Å². The van der Waals surface area contributed by atoms with E-state index in [1.165, 1.54) is 0 Å². The first kappa shape index (κ1) is 26.8. The van der Waals surface area contributed by atoms with Crippen LogP contribution in [0.5, 0.6) is 0 Å². The Balaban J connectivity index is 1.53. The Labute approximate surface area is 220 Å². The molecule has 1 aromatic carbocycles. The first-order valence-corrected chi connectivity index (χ1v) is 13.1. The zero-order chi connectivity index (χ0) is 26.7. The number of nitrogens with one attached hydrogen (secondary N) is 1. The van der Waals surface area contributed by atoms with E-state index in [-0.39, 0.29) is 18.3 Å². The minimum Gasteiger partial charge on any atom is -0.456 e. The van der Waals surface area contributed by atoms with Crippen molar-refractivity contribution in [2.24, 2.45) is 0 Å². The molecule has 2 aromatic heterocycles. The van der Waals surface area contributed by atoms with Crippen molar-refractivity contribution in [3.05, 3.63) is 46.3 Å². The van der Waals surface area contributed by atoms with Gasteiger partial charge in [-0.05, 0) is 58.5 Å². The summed E-state index contributed by atoms with van der Waals surface area (Å²) >= 11 is 1.06. The molecule has 1 saturated heterocycles. The lowest BCUT2D eigenvalue weighted by Gasteiger charge is -2.32. The second kappa shape index (κ2) is 11.0. The highest BCUT2D eigenvalue weighted by Gasteiger charge is 2.26. The molecular formula is C26H33N5O5S. The maximum absolute atomic E-state index is 13.0. The standard InChI is InChI=1S/C26H33N5O5S/c1-6-35-25(34)31-23-19(15-20(37-23)24(33)36-26(2,3)4)21(28-31)27-22(32)18-9-7-17(8-10-18)16-30-13-11-29(5)12-14-30/h7-10,15H,6,11-14,16H2,1-5H3,(H,27,28,32). The number of aromatic nitrogens is 2. The summed E-state index contributed by atoms with van der Waals surface area (Å²) in [5, 5.41) is 7.51. The van der Waals surface area contributed by atoms with Crippen molar-refractivity contribution >= 4 is 45.3 Å². The average Bonchev–Trinajstić information content (AvgIpc) is 3.41. The molecule has 1 aliphatic rings. The average molecular weight is 528 g/mol. The Morgan fingerprint density at radius 1 is 1.08 bits per heavy atom. The number of ether oxygens (including phenoxy) is 2. The third kappa shape index (κ3) is 6.54. The minimum atomic E-state index is -0.696. The van der Waals surface area contributed by atoms with Crippen LogP contribution in [0.25, 0.3) is 10.2 Å². The SMILES string of the molecule is CCOC(=O)n1nc(NC(=O)c2ccc(CN3CCN(C)CC3)cc2)c2cc(C(=O)OC(C)(C)C)sc21. The third-order valence-electron chi connectivity index (χ3n) is 5.85. The van der Waals surface area contributed by atoms with Crippen LogP contribution in [0.15, 0.2) is 30.3 Å². The Hall–Kier alpha value is -3.28. The number of piperazine rings is 1. The second-order valence-corrected chi connectivity index (χ2v) is 11.1. The van der Waals surface area contributed by atoms with Crippen LogP contribution in [0.2, 0.25) is 0 Å². The normalized spacial score (nSPS) is 15.1. The molecule has 0 unspecified atom stereocenters. The highest BCUT2D eigenvalue weighted by molar-refractivity contribution is 7.20. The van der Waals surface area contributed by atoms with Crippen LogP contribution in [0.4, 0.5) is 10.6 Å². The molecule has 0 spiro atoms. The molecule has 0 radical (unpaired) electrons. The summed E-state index contributed by atoms with van der Waals surface area (Å²) < 4.78 is 11.6. The number of hydrogen-bond donors (Lipinski definition) is 1. The molecule has 10 nitrogen and oxygen atoms in total. The van der Waals surface area contributed by atoms with E-state index < -0.39 is 17.7 Å². The Morgan fingerprint density at radius 3 is 2.38 bits per heavy atom. The van der Waals surface area contributed by atoms with Gasteiger partial charge in [-0.1, -0.05) is 12.1 Å². The van der Waals surface area contributed by atoms with Crippen LogP contribution in [-0.4, -0.2) is 83.0 Å². The van der Waals surface area contributed by atoms with Crippen molar-refractivity contribution in [1.29, 1.82) is 0 Å². The molecule has 1 amide bonds. The van der Waals surface area contributed by atoms with E-state index in [0.29, 0.717) is 20.7 Å². The molecule has 1 fully saturated rings. The van der Waals surface area contributed by atoms with E-state index in [0.717, 1.165) is 54.3 Å². The molecular weight excluding hydrogens is 494 g/mol. The van der Waals surface area contributed by atoms with Gasteiger partial charge in [-0.25, -0.2) is 9.59 Å². The number of thiophene rings is 1. The van der Waals surface area contributed by atoms with E-state index in [1.807, 2.05) is 12.1 Å². The summed E-state index contributed by atoms with van der Waals surface area (Å²) in [7, 11) is 2.13. The van der Waals surface area contributed by atoms with Gasteiger partial charge in [0.1, 0.15) is 15.3 Å². The fraction of sp³-hybridized carbons (Fsp3) is 0.462. The van der Waals surface area contributed by atoms with Crippen molar-refractivity contribution in [1.82, 2.24) is 19.6 Å². The molecule has 0 atom stereocenters. The summed E-state index contributed by atoms with van der Waals surface area (Å²) in [6, 6.07) is 9.03. The Morgan fingerprint density at radius 2 is 1.76 bits per heavy atom. The minimum absolute atomic E-state index is 0.159. The fourth-order valence-corrected chi connectivity index (χ4v) is 4.92. The summed E-state index contributed by atoms with van der Waals surface area (Å²) in [4.78, 5) is 43.6. The first-order valence-electron chi connectivity index (χ1n) is 12.3. The van der Waals surface area contributed by atoms with Gasteiger partial charge in [0.15, 0.2) is 5.82 Å². The molecule has 11 heteroatoms. The van der Waals surface area contributed by atoms with Crippen molar-refractivity contribution in [3.8, 4) is 0 Å². The van der Waals surface area contributed by atoms with Crippen molar-refractivity contribution in [2.75, 3.05) is 45.2 Å². The lowest BCUT2D eigenvalue weighted by molar-refractivity contribution is 0.00751. The van der Waals surface area contributed by atoms with Gasteiger partial charge in [-0.2, -0.15) is 4.68 Å². The molecule has 37 heavy (non-hydrogen) atoms. The van der Waals surface area contributed by atoms with E-state index in [2.05, 4.69) is 27.3 Å². The van der Waals surface area contributed by atoms with Crippen LogP contribution in [0.3, 0.4) is 0 Å². The fourth-order valence-electron chi connectivity index (χ4n) is 3.94. The van der Waals surface area contributed by atoms with Gasteiger partial charge in [-0.15, -0.1) is 16.4 Å². The largest absolute Gasteiger partial charge is 0.456 e. The molecule has 1 aliphatic heterocycles. The van der Waals surface area contributed by atoms with Gasteiger partial charge in [0.25, 0.3) is 5.91 Å². The van der Waals surface area contributed by atoms with E-state index >= 15 is 0 Å². The Kier molecular flexibility index (Phi) is 7.96. The van der Waals surface area contributed by atoms with Gasteiger partial charge < -0.3 is 19.7 Å². The molecule has 3 aromatic rings. The highest BCUT2D eigenvalue weighted by Crippen LogP contribution is 2.33. The summed E-state index contributed by atoms with van der Waals surface area (Å²) in [5.74, 6) is -0.718. The van der Waals surface area contributed by atoms with Crippen molar-refractivity contribution in [3.63, 3.8) is 0 Å². The van der Waals surface area contributed by atoms with Crippen LogP contribution < -0.4 is 5.32 Å². The molecule has 0 bridgehead atoms. The van der Waals surface area contributed by atoms with Crippen LogP contribution >= 0.6 is 11.3 Å². The molecule has 0 aliphatic carbocycles. The Bertz CT molecular complexity index is 1280. The number of benzene rings is 1. The van der Waals surface area contributed by atoms with E-state index in [4.69, 9.17) is 9.47 Å². The zero-order valence-electron chi connectivity index (χ0n) is 21.9. The summed E-state index contributed by atoms with van der Waals surface area (Å²) in [6.07, 6.45) is -0.696. The summed E-state index contributed by atoms with van der Waals surface area (Å²) in [6.45, 7) is 12.2. The third-order valence-corrected chi connectivity index (χ3v) is 6.94. The van der Waals surface area contributed by atoms with Gasteiger partial charge in [-0.3, -0.25) is 9.69 Å². The smallest absolute Gasteiger partial charge is 0.436 e. The van der Waals surface area contributed by atoms with Crippen molar-refractivity contribution in [2.45, 2.75) is 39.8 Å². The number of carbonyl (C=O) groups is 3. The molecule has 0 saturated carbocycles. The van der Waals surface area contributed by atoms with Gasteiger partial charge >= 0.3 is 12.1 Å². The highest BCUT2D eigenvalue weighted by atomic mass is 32.1. The number of amides is 1. The molecule has 3 heterocycles. The number of carbonyl (C=O) groups excluding carboxylic acids is 3. The van der Waals surface area contributed by atoms with Crippen LogP contribution in [-0.2, 0) is 16.0 Å². The first-order chi connectivity index (χ1) is 17.5. The van der Waals surface area contributed by atoms with Gasteiger partial charge in [0.05, 0.1) is 12.0 Å². The van der Waals surface area contributed by atoms with Crippen LogP contribution in [0, 0.1) is 0 Å². The lowest BCUT2D eigenvalue weighted by Crippen LogP contribution is -2.43. The zero-order valence-corrected chi connectivity index (χ0v) is 22.7. The maximum atomic E-state index is 13.0. The maximum Gasteiger partial charge on any atom is 0.436 e. The number of hydrogen-bond acceptors (Lipinski definition) is 9.